The second-order valence-electron chi connectivity index (χ2n) is 7.85. The second kappa shape index (κ2) is 8.41. The molecule has 3 rings (SSSR count). The molecule has 1 aromatic heterocycles. The van der Waals surface area contributed by atoms with Crippen molar-refractivity contribution in [3.8, 4) is 0 Å². The summed E-state index contributed by atoms with van der Waals surface area (Å²) in [6, 6.07) is 7.38. The maximum atomic E-state index is 12.7. The minimum Gasteiger partial charge on any atom is -0.463 e. The zero-order chi connectivity index (χ0) is 21.2. The van der Waals surface area contributed by atoms with Crippen LogP contribution in [0, 0.1) is 0 Å². The molecule has 1 aliphatic rings. The average molecular weight is 417 g/mol. The Morgan fingerprint density at radius 3 is 2.69 bits per heavy atom. The highest BCUT2D eigenvalue weighted by molar-refractivity contribution is 6.31. The molecule has 2 aromatic rings. The number of esters is 1. The summed E-state index contributed by atoms with van der Waals surface area (Å²) >= 11 is 6.10. The van der Waals surface area contributed by atoms with E-state index in [1.807, 2.05) is 32.9 Å². The summed E-state index contributed by atoms with van der Waals surface area (Å²) in [6.07, 6.45) is 1.77. The van der Waals surface area contributed by atoms with Gasteiger partial charge in [-0.3, -0.25) is 4.98 Å². The summed E-state index contributed by atoms with van der Waals surface area (Å²) in [5.74, 6) is -0.422. The van der Waals surface area contributed by atoms with Gasteiger partial charge in [-0.25, -0.2) is 9.59 Å². The highest BCUT2D eigenvalue weighted by atomic mass is 35.5. The molecule has 1 amide bonds. The van der Waals surface area contributed by atoms with Crippen LogP contribution in [0.5, 0.6) is 0 Å². The van der Waals surface area contributed by atoms with Gasteiger partial charge in [0.25, 0.3) is 0 Å². The smallest absolute Gasteiger partial charge is 0.410 e. The summed E-state index contributed by atoms with van der Waals surface area (Å²) in [6.45, 7) is 8.06. The van der Waals surface area contributed by atoms with E-state index in [2.05, 4.69) is 4.98 Å². The van der Waals surface area contributed by atoms with Crippen LogP contribution in [0.1, 0.15) is 39.7 Å². The van der Waals surface area contributed by atoms with E-state index in [0.717, 1.165) is 22.0 Å². The molecule has 2 heterocycles. The predicted molar refractivity (Wildman–Crippen MR) is 113 cm³/mol. The Hall–Kier alpha value is -2.60. The van der Waals surface area contributed by atoms with E-state index in [4.69, 9.17) is 21.1 Å². The van der Waals surface area contributed by atoms with Crippen LogP contribution >= 0.6 is 11.6 Å². The van der Waals surface area contributed by atoms with Crippen LogP contribution in [-0.2, 0) is 14.3 Å². The molecular formula is C22H25ClN2O4. The molecule has 0 saturated heterocycles. The number of fused-ring (bicyclic) bond motifs is 1. The number of amides is 1. The molecule has 0 aliphatic carbocycles. The number of ether oxygens (including phenoxy) is 2. The summed E-state index contributed by atoms with van der Waals surface area (Å²) in [5, 5.41) is 1.50. The predicted octanol–water partition coefficient (Wildman–Crippen LogP) is 4.85. The number of carbonyl (C=O) groups excluding carboxylic acids is 2. The van der Waals surface area contributed by atoms with Crippen LogP contribution in [-0.4, -0.2) is 47.2 Å². The van der Waals surface area contributed by atoms with Crippen LogP contribution < -0.4 is 0 Å². The topological polar surface area (TPSA) is 68.7 Å². The van der Waals surface area contributed by atoms with Crippen LogP contribution in [0.25, 0.3) is 16.5 Å². The Morgan fingerprint density at radius 1 is 1.24 bits per heavy atom. The lowest BCUT2D eigenvalue weighted by Gasteiger charge is -2.32. The lowest BCUT2D eigenvalue weighted by atomic mass is 9.91. The third-order valence-electron chi connectivity index (χ3n) is 4.55. The number of pyridine rings is 1. The van der Waals surface area contributed by atoms with Gasteiger partial charge in [0.15, 0.2) is 0 Å². The maximum Gasteiger partial charge on any atom is 0.410 e. The number of carbonyl (C=O) groups is 2. The van der Waals surface area contributed by atoms with Crippen molar-refractivity contribution in [2.75, 3.05) is 19.7 Å². The van der Waals surface area contributed by atoms with Crippen LogP contribution in [0.2, 0.25) is 5.02 Å². The van der Waals surface area contributed by atoms with E-state index in [1.165, 1.54) is 0 Å². The maximum absolute atomic E-state index is 12.7. The molecule has 0 saturated carbocycles. The Morgan fingerprint density at radius 2 is 2.00 bits per heavy atom. The van der Waals surface area contributed by atoms with Crippen molar-refractivity contribution in [1.82, 2.24) is 9.88 Å². The second-order valence-corrected chi connectivity index (χ2v) is 8.29. The molecule has 0 N–H and O–H groups in total. The molecule has 0 radical (unpaired) electrons. The number of benzene rings is 1. The van der Waals surface area contributed by atoms with Gasteiger partial charge in [-0.1, -0.05) is 17.7 Å². The van der Waals surface area contributed by atoms with E-state index >= 15 is 0 Å². The summed E-state index contributed by atoms with van der Waals surface area (Å²) in [7, 11) is 0. The van der Waals surface area contributed by atoms with Crippen LogP contribution in [0.4, 0.5) is 4.79 Å². The molecule has 6 nitrogen and oxygen atoms in total. The SMILES string of the molecule is CCOC(=O)C1=C(c2ccnc3cc(Cl)ccc23)CCN(C(=O)OC(C)(C)C)C1. The Labute approximate surface area is 175 Å². The number of aromatic nitrogens is 1. The minimum absolute atomic E-state index is 0.139. The molecular weight excluding hydrogens is 392 g/mol. The van der Waals surface area contributed by atoms with Crippen molar-refractivity contribution < 1.29 is 19.1 Å². The standard InChI is InChI=1S/C22H25ClN2O4/c1-5-28-20(26)18-13-25(21(27)29-22(2,3)4)11-9-16(18)15-8-10-24-19-12-14(23)6-7-17(15)19/h6-8,10,12H,5,9,11,13H2,1-4H3. The van der Waals surface area contributed by atoms with Crippen molar-refractivity contribution in [3.63, 3.8) is 0 Å². The molecule has 1 aromatic carbocycles. The lowest BCUT2D eigenvalue weighted by Crippen LogP contribution is -2.42. The average Bonchev–Trinajstić information content (AvgIpc) is 2.65. The van der Waals surface area contributed by atoms with Crippen molar-refractivity contribution in [1.29, 1.82) is 0 Å². The first kappa shape index (κ1) is 21.1. The molecule has 0 bridgehead atoms. The van der Waals surface area contributed by atoms with E-state index in [9.17, 15) is 9.59 Å². The largest absolute Gasteiger partial charge is 0.463 e. The fraction of sp³-hybridized carbons (Fsp3) is 0.409. The summed E-state index contributed by atoms with van der Waals surface area (Å²) in [5.41, 5.74) is 2.37. The van der Waals surface area contributed by atoms with E-state index in [0.29, 0.717) is 23.6 Å². The Balaban J connectivity index is 2.04. The van der Waals surface area contributed by atoms with Crippen LogP contribution in [0.3, 0.4) is 0 Å². The molecule has 0 unspecified atom stereocenters. The monoisotopic (exact) mass is 416 g/mol. The molecule has 0 fully saturated rings. The van der Waals surface area contributed by atoms with Gasteiger partial charge in [-0.05, 0) is 63.5 Å². The van der Waals surface area contributed by atoms with Gasteiger partial charge in [0.1, 0.15) is 5.60 Å². The number of halogens is 1. The van der Waals surface area contributed by atoms with Gasteiger partial charge in [-0.2, -0.15) is 0 Å². The fourth-order valence-electron chi connectivity index (χ4n) is 3.33. The van der Waals surface area contributed by atoms with Gasteiger partial charge in [0.05, 0.1) is 24.2 Å². The van der Waals surface area contributed by atoms with Crippen molar-refractivity contribution in [2.24, 2.45) is 0 Å². The number of hydrogen-bond acceptors (Lipinski definition) is 5. The zero-order valence-electron chi connectivity index (χ0n) is 17.1. The number of nitrogens with zero attached hydrogens (tertiary/aromatic N) is 2. The minimum atomic E-state index is -0.605. The highest BCUT2D eigenvalue weighted by Crippen LogP contribution is 2.33. The van der Waals surface area contributed by atoms with Gasteiger partial charge in [-0.15, -0.1) is 0 Å². The van der Waals surface area contributed by atoms with E-state index in [-0.39, 0.29) is 13.2 Å². The van der Waals surface area contributed by atoms with Crippen LogP contribution in [0.15, 0.2) is 36.0 Å². The summed E-state index contributed by atoms with van der Waals surface area (Å²) < 4.78 is 10.8. The third kappa shape index (κ3) is 4.88. The molecule has 0 spiro atoms. The number of rotatable bonds is 3. The first-order chi connectivity index (χ1) is 13.7. The van der Waals surface area contributed by atoms with Gasteiger partial charge in [0.2, 0.25) is 0 Å². The normalized spacial score (nSPS) is 14.9. The van der Waals surface area contributed by atoms with E-state index < -0.39 is 17.7 Å². The van der Waals surface area contributed by atoms with E-state index in [1.54, 1.807) is 30.2 Å². The number of hydrogen-bond donors (Lipinski definition) is 0. The molecule has 0 atom stereocenters. The van der Waals surface area contributed by atoms with Gasteiger partial charge < -0.3 is 14.4 Å². The van der Waals surface area contributed by atoms with Crippen molar-refractivity contribution in [2.45, 2.75) is 39.7 Å². The third-order valence-corrected chi connectivity index (χ3v) is 4.78. The molecule has 1 aliphatic heterocycles. The highest BCUT2D eigenvalue weighted by Gasteiger charge is 2.31. The van der Waals surface area contributed by atoms with Crippen molar-refractivity contribution in [3.05, 3.63) is 46.6 Å². The fourth-order valence-corrected chi connectivity index (χ4v) is 3.50. The molecule has 29 heavy (non-hydrogen) atoms. The quantitative estimate of drug-likeness (QED) is 0.669. The lowest BCUT2D eigenvalue weighted by molar-refractivity contribution is -0.138. The first-order valence-corrected chi connectivity index (χ1v) is 9.99. The zero-order valence-corrected chi connectivity index (χ0v) is 17.9. The Bertz CT molecular complexity index is 978. The van der Waals surface area contributed by atoms with Gasteiger partial charge >= 0.3 is 12.1 Å². The Kier molecular flexibility index (Phi) is 6.13. The van der Waals surface area contributed by atoms with Crippen molar-refractivity contribution >= 4 is 40.1 Å². The first-order valence-electron chi connectivity index (χ1n) is 9.61. The van der Waals surface area contributed by atoms with Gasteiger partial charge in [0, 0.05) is 23.2 Å². The molecule has 7 heteroatoms. The summed E-state index contributed by atoms with van der Waals surface area (Å²) in [4.78, 5) is 31.2. The molecule has 154 valence electrons.